The Kier molecular flexibility index (Phi) is 6.96. The lowest BCUT2D eigenvalue weighted by atomic mass is 10.3. The first-order chi connectivity index (χ1) is 11.0. The van der Waals surface area contributed by atoms with Gasteiger partial charge in [-0.1, -0.05) is 11.8 Å². The molecule has 1 aromatic rings. The lowest BCUT2D eigenvalue weighted by molar-refractivity contribution is 0.213. The summed E-state index contributed by atoms with van der Waals surface area (Å²) in [5.41, 5.74) is 0.259. The predicted molar refractivity (Wildman–Crippen MR) is 87.7 cm³/mol. The molecule has 7 nitrogen and oxygen atoms in total. The van der Waals surface area contributed by atoms with E-state index in [4.69, 9.17) is 0 Å². The molecule has 0 atom stereocenters. The minimum Gasteiger partial charge on any atom is -0.308 e. The second kappa shape index (κ2) is 8.29. The number of sulfonamides is 1. The number of rotatable bonds is 5. The van der Waals surface area contributed by atoms with Crippen molar-refractivity contribution in [1.29, 1.82) is 0 Å². The maximum Gasteiger partial charge on any atom is 0.339 e. The quantitative estimate of drug-likeness (QED) is 0.765. The number of alkyl halides is 2. The van der Waals surface area contributed by atoms with Crippen LogP contribution in [0.4, 0.5) is 24.1 Å². The SMILES string of the molecule is CC(C)N(C(=O)NC(=O)Nc1ccc(SC(F)F)cc1)S(C)(=O)=O. The van der Waals surface area contributed by atoms with Gasteiger partial charge in [0.05, 0.1) is 6.26 Å². The number of hydrogen-bond donors (Lipinski definition) is 2. The molecule has 0 aliphatic rings. The molecular weight excluding hydrogens is 364 g/mol. The maximum atomic E-state index is 12.2. The molecule has 0 fully saturated rings. The highest BCUT2D eigenvalue weighted by Gasteiger charge is 2.27. The van der Waals surface area contributed by atoms with E-state index in [1.54, 1.807) is 0 Å². The van der Waals surface area contributed by atoms with Crippen LogP contribution in [-0.2, 0) is 10.0 Å². The van der Waals surface area contributed by atoms with E-state index < -0.39 is 33.9 Å². The Balaban J connectivity index is 2.70. The number of carbonyl (C=O) groups is 2. The van der Waals surface area contributed by atoms with Crippen LogP contribution in [0.25, 0.3) is 0 Å². The van der Waals surface area contributed by atoms with E-state index >= 15 is 0 Å². The van der Waals surface area contributed by atoms with Gasteiger partial charge < -0.3 is 5.32 Å². The zero-order chi connectivity index (χ0) is 18.5. The summed E-state index contributed by atoms with van der Waals surface area (Å²) >= 11 is 0.357. The Bertz CT molecular complexity index is 694. The van der Waals surface area contributed by atoms with Crippen molar-refractivity contribution in [3.05, 3.63) is 24.3 Å². The monoisotopic (exact) mass is 381 g/mol. The highest BCUT2D eigenvalue weighted by atomic mass is 32.2. The minimum atomic E-state index is -3.83. The summed E-state index contributed by atoms with van der Waals surface area (Å²) in [6.45, 7) is 2.97. The first-order valence-corrected chi connectivity index (χ1v) is 9.39. The molecule has 0 heterocycles. The van der Waals surface area contributed by atoms with Crippen molar-refractivity contribution in [3.8, 4) is 0 Å². The standard InChI is InChI=1S/C13H17F2N3O4S2/c1-8(2)18(24(3,21)22)13(20)17-12(19)16-9-4-6-10(7-5-9)23-11(14)15/h4-8,11H,1-3H3,(H2,16,17,19,20). The number of nitrogens with zero attached hydrogens (tertiary/aromatic N) is 1. The number of carbonyl (C=O) groups excluding carboxylic acids is 2. The van der Waals surface area contributed by atoms with Crippen LogP contribution in [0, 0.1) is 0 Å². The summed E-state index contributed by atoms with van der Waals surface area (Å²) in [4.78, 5) is 24.0. The van der Waals surface area contributed by atoms with Gasteiger partial charge in [-0.05, 0) is 38.1 Å². The Hall–Kier alpha value is -1.88. The fourth-order valence-corrected chi connectivity index (χ4v) is 3.41. The van der Waals surface area contributed by atoms with Gasteiger partial charge in [0.15, 0.2) is 0 Å². The van der Waals surface area contributed by atoms with Crippen molar-refractivity contribution in [2.45, 2.75) is 30.5 Å². The van der Waals surface area contributed by atoms with Gasteiger partial charge >= 0.3 is 12.1 Å². The molecule has 2 N–H and O–H groups in total. The van der Waals surface area contributed by atoms with Crippen LogP contribution in [0.5, 0.6) is 0 Å². The van der Waals surface area contributed by atoms with E-state index in [0.717, 1.165) is 6.26 Å². The van der Waals surface area contributed by atoms with Gasteiger partial charge in [-0.2, -0.15) is 8.78 Å². The zero-order valence-corrected chi connectivity index (χ0v) is 14.7. The van der Waals surface area contributed by atoms with Crippen molar-refractivity contribution in [2.24, 2.45) is 0 Å². The van der Waals surface area contributed by atoms with Crippen molar-refractivity contribution >= 4 is 39.5 Å². The summed E-state index contributed by atoms with van der Waals surface area (Å²) in [5.74, 6) is -2.55. The van der Waals surface area contributed by atoms with E-state index in [1.807, 2.05) is 5.32 Å². The fourth-order valence-electron chi connectivity index (χ4n) is 1.80. The van der Waals surface area contributed by atoms with Crippen LogP contribution in [0.3, 0.4) is 0 Å². The summed E-state index contributed by atoms with van der Waals surface area (Å²) in [6, 6.07) is 2.82. The molecule has 0 saturated heterocycles. The minimum absolute atomic E-state index is 0.259. The highest BCUT2D eigenvalue weighted by molar-refractivity contribution is 7.99. The normalized spacial score (nSPS) is 11.5. The van der Waals surface area contributed by atoms with Crippen LogP contribution in [0.2, 0.25) is 0 Å². The van der Waals surface area contributed by atoms with Crippen molar-refractivity contribution in [1.82, 2.24) is 9.62 Å². The molecule has 0 radical (unpaired) electrons. The Morgan fingerprint density at radius 3 is 2.12 bits per heavy atom. The van der Waals surface area contributed by atoms with Gasteiger partial charge in [0, 0.05) is 16.6 Å². The maximum absolute atomic E-state index is 12.2. The first kappa shape index (κ1) is 20.2. The number of urea groups is 2. The number of hydrogen-bond acceptors (Lipinski definition) is 5. The molecule has 0 spiro atoms. The Morgan fingerprint density at radius 2 is 1.71 bits per heavy atom. The second-order valence-electron chi connectivity index (χ2n) is 4.94. The van der Waals surface area contributed by atoms with Crippen LogP contribution in [0.15, 0.2) is 29.2 Å². The molecule has 0 unspecified atom stereocenters. The molecule has 0 aromatic heterocycles. The van der Waals surface area contributed by atoms with Gasteiger partial charge in [0.1, 0.15) is 0 Å². The van der Waals surface area contributed by atoms with Crippen molar-refractivity contribution in [3.63, 3.8) is 0 Å². The molecule has 0 aliphatic carbocycles. The van der Waals surface area contributed by atoms with Crippen molar-refractivity contribution in [2.75, 3.05) is 11.6 Å². The Morgan fingerprint density at radius 1 is 1.17 bits per heavy atom. The number of thioether (sulfide) groups is 1. The molecule has 1 aromatic carbocycles. The van der Waals surface area contributed by atoms with Crippen molar-refractivity contribution < 1.29 is 26.8 Å². The molecule has 24 heavy (non-hydrogen) atoms. The molecule has 11 heteroatoms. The van der Waals surface area contributed by atoms with E-state index in [1.165, 1.54) is 38.1 Å². The molecule has 4 amide bonds. The molecular formula is C13H17F2N3O4S2. The third-order valence-electron chi connectivity index (χ3n) is 2.58. The largest absolute Gasteiger partial charge is 0.339 e. The topological polar surface area (TPSA) is 95.6 Å². The highest BCUT2D eigenvalue weighted by Crippen LogP contribution is 2.26. The average Bonchev–Trinajstić information content (AvgIpc) is 2.37. The van der Waals surface area contributed by atoms with Crippen LogP contribution in [0.1, 0.15) is 13.8 Å². The van der Waals surface area contributed by atoms with E-state index in [2.05, 4.69) is 5.32 Å². The van der Waals surface area contributed by atoms with Crippen LogP contribution < -0.4 is 10.6 Å². The van der Waals surface area contributed by atoms with Crippen LogP contribution >= 0.6 is 11.8 Å². The van der Waals surface area contributed by atoms with Gasteiger partial charge in [0.25, 0.3) is 5.76 Å². The number of halogens is 2. The molecule has 0 bridgehead atoms. The average molecular weight is 381 g/mol. The third-order valence-corrected chi connectivity index (χ3v) is 4.61. The van der Waals surface area contributed by atoms with Gasteiger partial charge in [-0.3, -0.25) is 5.32 Å². The Labute approximate surface area is 142 Å². The predicted octanol–water partition coefficient (Wildman–Crippen LogP) is 2.91. The number of benzene rings is 1. The molecule has 0 saturated carbocycles. The zero-order valence-electron chi connectivity index (χ0n) is 13.1. The number of imide groups is 1. The van der Waals surface area contributed by atoms with E-state index in [-0.39, 0.29) is 5.69 Å². The van der Waals surface area contributed by atoms with E-state index in [9.17, 15) is 26.8 Å². The molecule has 0 aliphatic heterocycles. The number of amides is 4. The third kappa shape index (κ3) is 6.32. The van der Waals surface area contributed by atoms with Gasteiger partial charge in [0.2, 0.25) is 10.0 Å². The second-order valence-corrected chi connectivity index (χ2v) is 7.86. The van der Waals surface area contributed by atoms with Gasteiger partial charge in [-0.25, -0.2) is 22.3 Å². The van der Waals surface area contributed by atoms with Gasteiger partial charge in [-0.15, -0.1) is 0 Å². The lowest BCUT2D eigenvalue weighted by Gasteiger charge is -2.23. The molecule has 134 valence electrons. The lowest BCUT2D eigenvalue weighted by Crippen LogP contribution is -2.49. The summed E-state index contributed by atoms with van der Waals surface area (Å²) in [5, 5.41) is 4.21. The first-order valence-electron chi connectivity index (χ1n) is 6.67. The van der Waals surface area contributed by atoms with E-state index in [0.29, 0.717) is 21.0 Å². The number of anilines is 1. The summed E-state index contributed by atoms with van der Waals surface area (Å²) in [6.07, 6.45) is 0.851. The fraction of sp³-hybridized carbons (Fsp3) is 0.385. The summed E-state index contributed by atoms with van der Waals surface area (Å²) < 4.78 is 48.0. The van der Waals surface area contributed by atoms with Crippen LogP contribution in [-0.4, -0.2) is 42.8 Å². The summed E-state index contributed by atoms with van der Waals surface area (Å²) in [7, 11) is -3.83. The number of nitrogens with one attached hydrogen (secondary N) is 2. The molecule has 1 rings (SSSR count). The smallest absolute Gasteiger partial charge is 0.308 e.